The minimum absolute atomic E-state index is 1.04. The number of aryl methyl sites for hydroxylation is 2. The summed E-state index contributed by atoms with van der Waals surface area (Å²) in [6, 6.07) is 7.04. The maximum atomic E-state index is 3.57. The Morgan fingerprint density at radius 3 is 2.72 bits per heavy atom. The van der Waals surface area contributed by atoms with Gasteiger partial charge >= 0.3 is 0 Å². The molecule has 0 saturated heterocycles. The van der Waals surface area contributed by atoms with Crippen LogP contribution in [0.4, 0.5) is 0 Å². The van der Waals surface area contributed by atoms with Gasteiger partial charge in [-0.05, 0) is 59.8 Å². The Morgan fingerprint density at radius 2 is 1.83 bits per heavy atom. The summed E-state index contributed by atoms with van der Waals surface area (Å²) in [7, 11) is 0. The third-order valence-corrected chi connectivity index (χ3v) is 4.49. The maximum Gasteiger partial charge on any atom is 0.0205 e. The molecule has 0 heterocycles. The number of halogens is 1. The van der Waals surface area contributed by atoms with Crippen molar-refractivity contribution >= 4 is 22.6 Å². The molecule has 2 heteroatoms. The molecule has 1 aromatic carbocycles. The zero-order chi connectivity index (χ0) is 12.6. The van der Waals surface area contributed by atoms with Crippen LogP contribution in [-0.2, 0) is 19.4 Å². The van der Waals surface area contributed by atoms with E-state index in [1.807, 2.05) is 0 Å². The van der Waals surface area contributed by atoms with Crippen LogP contribution < -0.4 is 5.32 Å². The molecular weight excluding hydrogens is 333 g/mol. The first-order valence-corrected chi connectivity index (χ1v) is 8.80. The van der Waals surface area contributed by atoms with Gasteiger partial charge in [0.1, 0.15) is 0 Å². The Bertz CT molecular complexity index is 362. The van der Waals surface area contributed by atoms with Gasteiger partial charge in [0.15, 0.2) is 0 Å². The third kappa shape index (κ3) is 4.54. The summed E-state index contributed by atoms with van der Waals surface area (Å²) in [5.74, 6) is 0. The molecule has 0 spiro atoms. The highest BCUT2D eigenvalue weighted by Gasteiger charge is 2.10. The molecule has 2 rings (SSSR count). The van der Waals surface area contributed by atoms with Crippen molar-refractivity contribution in [2.24, 2.45) is 0 Å². The van der Waals surface area contributed by atoms with Crippen molar-refractivity contribution in [1.29, 1.82) is 0 Å². The molecule has 0 fully saturated rings. The molecule has 100 valence electrons. The molecule has 0 bridgehead atoms. The lowest BCUT2D eigenvalue weighted by atomic mass is 10.1. The number of alkyl halides is 1. The molecule has 1 aliphatic carbocycles. The van der Waals surface area contributed by atoms with Gasteiger partial charge < -0.3 is 5.32 Å². The zero-order valence-corrected chi connectivity index (χ0v) is 13.3. The lowest BCUT2D eigenvalue weighted by Crippen LogP contribution is -2.14. The second-order valence-electron chi connectivity index (χ2n) is 5.24. The van der Waals surface area contributed by atoms with E-state index >= 15 is 0 Å². The van der Waals surface area contributed by atoms with Gasteiger partial charge in [0.2, 0.25) is 0 Å². The molecular formula is C16H24IN. The fraction of sp³-hybridized carbons (Fsp3) is 0.625. The van der Waals surface area contributed by atoms with Crippen molar-refractivity contribution in [2.75, 3.05) is 11.0 Å². The van der Waals surface area contributed by atoms with Crippen molar-refractivity contribution < 1.29 is 0 Å². The average Bonchev–Trinajstić information content (AvgIpc) is 2.85. The van der Waals surface area contributed by atoms with Gasteiger partial charge in [-0.1, -0.05) is 53.6 Å². The lowest BCUT2D eigenvalue weighted by molar-refractivity contribution is 0.600. The summed E-state index contributed by atoms with van der Waals surface area (Å²) in [5.41, 5.74) is 4.64. The Kier molecular flexibility index (Phi) is 6.49. The van der Waals surface area contributed by atoms with Gasteiger partial charge in [0.05, 0.1) is 0 Å². The molecule has 0 radical (unpaired) electrons. The standard InChI is InChI=1S/C16H24IN/c17-10-3-1-2-4-11-18-13-14-8-9-15-6-5-7-16(15)12-14/h8-9,12,18H,1-7,10-11,13H2. The smallest absolute Gasteiger partial charge is 0.0205 e. The Morgan fingerprint density at radius 1 is 1.00 bits per heavy atom. The van der Waals surface area contributed by atoms with Crippen LogP contribution in [-0.4, -0.2) is 11.0 Å². The molecule has 18 heavy (non-hydrogen) atoms. The van der Waals surface area contributed by atoms with E-state index < -0.39 is 0 Å². The molecule has 0 saturated carbocycles. The van der Waals surface area contributed by atoms with Crippen molar-refractivity contribution in [3.05, 3.63) is 34.9 Å². The van der Waals surface area contributed by atoms with E-state index in [2.05, 4.69) is 46.1 Å². The summed E-state index contributed by atoms with van der Waals surface area (Å²) in [4.78, 5) is 0. The fourth-order valence-corrected chi connectivity index (χ4v) is 3.21. The summed E-state index contributed by atoms with van der Waals surface area (Å²) in [5, 5.41) is 3.57. The molecule has 0 amide bonds. The van der Waals surface area contributed by atoms with E-state index in [1.165, 1.54) is 61.5 Å². The molecule has 0 unspecified atom stereocenters. The Hall–Kier alpha value is -0.0900. The zero-order valence-electron chi connectivity index (χ0n) is 11.2. The van der Waals surface area contributed by atoms with Gasteiger partial charge in [-0.15, -0.1) is 0 Å². The second kappa shape index (κ2) is 8.16. The molecule has 1 nitrogen and oxygen atoms in total. The van der Waals surface area contributed by atoms with Crippen molar-refractivity contribution in [3.8, 4) is 0 Å². The summed E-state index contributed by atoms with van der Waals surface area (Å²) in [6.07, 6.45) is 9.40. The Labute approximate surface area is 125 Å². The van der Waals surface area contributed by atoms with Crippen LogP contribution in [0.1, 0.15) is 48.8 Å². The van der Waals surface area contributed by atoms with E-state index in [4.69, 9.17) is 0 Å². The van der Waals surface area contributed by atoms with Gasteiger partial charge in [-0.25, -0.2) is 0 Å². The Balaban J connectivity index is 1.62. The predicted molar refractivity (Wildman–Crippen MR) is 87.5 cm³/mol. The molecule has 1 aliphatic rings. The van der Waals surface area contributed by atoms with Crippen LogP contribution in [0.2, 0.25) is 0 Å². The van der Waals surface area contributed by atoms with Crippen LogP contribution in [0.15, 0.2) is 18.2 Å². The predicted octanol–water partition coefficient (Wildman–Crippen LogP) is 4.26. The van der Waals surface area contributed by atoms with Crippen LogP contribution in [0.25, 0.3) is 0 Å². The number of hydrogen-bond acceptors (Lipinski definition) is 1. The van der Waals surface area contributed by atoms with Crippen LogP contribution >= 0.6 is 22.6 Å². The van der Waals surface area contributed by atoms with Crippen LogP contribution in [0, 0.1) is 0 Å². The quantitative estimate of drug-likeness (QED) is 0.416. The number of hydrogen-bond donors (Lipinski definition) is 1. The van der Waals surface area contributed by atoms with E-state index in [9.17, 15) is 0 Å². The first kappa shape index (κ1) is 14.3. The number of rotatable bonds is 8. The van der Waals surface area contributed by atoms with Gasteiger partial charge in [0, 0.05) is 6.54 Å². The molecule has 0 aliphatic heterocycles. The number of unbranched alkanes of at least 4 members (excludes halogenated alkanes) is 3. The highest BCUT2D eigenvalue weighted by Crippen LogP contribution is 2.22. The minimum Gasteiger partial charge on any atom is -0.313 e. The molecule has 1 N–H and O–H groups in total. The topological polar surface area (TPSA) is 12.0 Å². The SMILES string of the molecule is ICCCCCCNCc1ccc2c(c1)CCC2. The van der Waals surface area contributed by atoms with E-state index in [-0.39, 0.29) is 0 Å². The summed E-state index contributed by atoms with van der Waals surface area (Å²) in [6.45, 7) is 2.21. The third-order valence-electron chi connectivity index (χ3n) is 3.73. The highest BCUT2D eigenvalue weighted by atomic mass is 127. The minimum atomic E-state index is 1.04. The second-order valence-corrected chi connectivity index (χ2v) is 6.32. The van der Waals surface area contributed by atoms with Crippen LogP contribution in [0.5, 0.6) is 0 Å². The van der Waals surface area contributed by atoms with Gasteiger partial charge in [0.25, 0.3) is 0 Å². The maximum absolute atomic E-state index is 3.57. The average molecular weight is 357 g/mol. The van der Waals surface area contributed by atoms with E-state index in [0.717, 1.165) is 6.54 Å². The highest BCUT2D eigenvalue weighted by molar-refractivity contribution is 14.1. The van der Waals surface area contributed by atoms with Crippen molar-refractivity contribution in [1.82, 2.24) is 5.32 Å². The van der Waals surface area contributed by atoms with Crippen LogP contribution in [0.3, 0.4) is 0 Å². The fourth-order valence-electron chi connectivity index (χ4n) is 2.67. The summed E-state index contributed by atoms with van der Waals surface area (Å²) >= 11 is 2.46. The normalized spacial score (nSPS) is 13.8. The molecule has 0 atom stereocenters. The van der Waals surface area contributed by atoms with Crippen molar-refractivity contribution in [3.63, 3.8) is 0 Å². The van der Waals surface area contributed by atoms with Crippen molar-refractivity contribution in [2.45, 2.75) is 51.5 Å². The van der Waals surface area contributed by atoms with Gasteiger partial charge in [-0.3, -0.25) is 0 Å². The lowest BCUT2D eigenvalue weighted by Gasteiger charge is -2.07. The number of benzene rings is 1. The largest absolute Gasteiger partial charge is 0.313 e. The van der Waals surface area contributed by atoms with E-state index in [0.29, 0.717) is 0 Å². The molecule has 1 aromatic rings. The number of nitrogens with one attached hydrogen (secondary N) is 1. The molecule has 0 aromatic heterocycles. The van der Waals surface area contributed by atoms with E-state index in [1.54, 1.807) is 11.1 Å². The first-order chi connectivity index (χ1) is 8.90. The number of fused-ring (bicyclic) bond motifs is 1. The first-order valence-electron chi connectivity index (χ1n) is 7.27. The summed E-state index contributed by atoms with van der Waals surface area (Å²) < 4.78 is 1.31. The van der Waals surface area contributed by atoms with Gasteiger partial charge in [-0.2, -0.15) is 0 Å². The monoisotopic (exact) mass is 357 g/mol.